The Labute approximate surface area is 77.4 Å². The molecule has 0 saturated heterocycles. The van der Waals surface area contributed by atoms with Crippen LogP contribution in [-0.4, -0.2) is 16.6 Å². The van der Waals surface area contributed by atoms with E-state index in [0.29, 0.717) is 23.1 Å². The molecule has 3 aliphatic carbocycles. The smallest absolute Gasteiger partial charge is 0.0758 e. The number of rotatable bonds is 0. The molecule has 2 fully saturated rings. The molecule has 0 aromatic rings. The van der Waals surface area contributed by atoms with Crippen LogP contribution in [0.15, 0.2) is 12.2 Å². The first-order valence-electron chi connectivity index (χ1n) is 4.78. The Hall–Kier alpha value is -0.0100. The van der Waals surface area contributed by atoms with E-state index in [1.54, 1.807) is 0 Å². The van der Waals surface area contributed by atoms with Gasteiger partial charge in [0.15, 0.2) is 0 Å². The summed E-state index contributed by atoms with van der Waals surface area (Å²) in [5, 5.41) is 10.0. The number of fused-ring (bicyclic) bond motifs is 5. The van der Waals surface area contributed by atoms with Crippen LogP contribution in [0, 0.1) is 23.7 Å². The van der Waals surface area contributed by atoms with Crippen molar-refractivity contribution in [3.05, 3.63) is 12.2 Å². The van der Waals surface area contributed by atoms with Gasteiger partial charge < -0.3 is 5.11 Å². The summed E-state index contributed by atoms with van der Waals surface area (Å²) in [5.41, 5.74) is 0. The average Bonchev–Trinajstić information content (AvgIpc) is 2.62. The third-order valence-electron chi connectivity index (χ3n) is 3.98. The van der Waals surface area contributed by atoms with Gasteiger partial charge >= 0.3 is 0 Å². The molecule has 0 aliphatic heterocycles. The molecule has 0 heterocycles. The molecular formula is C10H13ClO. The van der Waals surface area contributed by atoms with Crippen molar-refractivity contribution in [1.82, 2.24) is 0 Å². The zero-order valence-corrected chi connectivity index (χ0v) is 7.61. The summed E-state index contributed by atoms with van der Waals surface area (Å²) in [6.07, 6.45) is 6.40. The lowest BCUT2D eigenvalue weighted by Gasteiger charge is -2.29. The standard InChI is InChI=1S/C10H13ClO/c11-8-4-5-3-7(8)10-6(5)1-2-9(10)12/h1-2,5-10,12H,3-4H2/t5-,6+,7+,8-,9-,10-/m0/s1. The molecule has 2 bridgehead atoms. The molecule has 12 heavy (non-hydrogen) atoms. The Bertz CT molecular complexity index is 238. The molecular weight excluding hydrogens is 172 g/mol. The van der Waals surface area contributed by atoms with Crippen molar-refractivity contribution in [3.8, 4) is 0 Å². The van der Waals surface area contributed by atoms with E-state index in [9.17, 15) is 5.11 Å². The number of alkyl halides is 1. The van der Waals surface area contributed by atoms with Gasteiger partial charge in [-0.1, -0.05) is 12.2 Å². The van der Waals surface area contributed by atoms with E-state index in [1.807, 2.05) is 6.08 Å². The van der Waals surface area contributed by atoms with Crippen LogP contribution in [0.2, 0.25) is 0 Å². The first kappa shape index (κ1) is 7.40. The van der Waals surface area contributed by atoms with E-state index in [-0.39, 0.29) is 6.10 Å². The van der Waals surface area contributed by atoms with Crippen molar-refractivity contribution in [2.75, 3.05) is 0 Å². The molecule has 3 rings (SSSR count). The molecule has 1 nitrogen and oxygen atoms in total. The zero-order chi connectivity index (χ0) is 8.29. The molecule has 2 saturated carbocycles. The SMILES string of the molecule is O[C@H]1C=C[C@@H]2[C@H]3C[C@@H]([C@H]21)[C@@H](Cl)C3. The van der Waals surface area contributed by atoms with E-state index in [1.165, 1.54) is 12.8 Å². The maximum atomic E-state index is 9.69. The second kappa shape index (κ2) is 2.27. The first-order chi connectivity index (χ1) is 5.77. The molecule has 1 N–H and O–H groups in total. The van der Waals surface area contributed by atoms with Gasteiger partial charge in [-0.2, -0.15) is 0 Å². The number of allylic oxidation sites excluding steroid dienone is 1. The van der Waals surface area contributed by atoms with Crippen LogP contribution in [0.4, 0.5) is 0 Å². The lowest BCUT2D eigenvalue weighted by molar-refractivity contribution is 0.107. The van der Waals surface area contributed by atoms with Crippen LogP contribution in [0.25, 0.3) is 0 Å². The maximum Gasteiger partial charge on any atom is 0.0758 e. The highest BCUT2D eigenvalue weighted by atomic mass is 35.5. The van der Waals surface area contributed by atoms with Gasteiger partial charge in [0.25, 0.3) is 0 Å². The number of aliphatic hydroxyl groups is 1. The van der Waals surface area contributed by atoms with Crippen LogP contribution < -0.4 is 0 Å². The highest BCUT2D eigenvalue weighted by Crippen LogP contribution is 2.57. The minimum atomic E-state index is -0.202. The molecule has 0 aromatic heterocycles. The average molecular weight is 185 g/mol. The molecule has 3 aliphatic rings. The summed E-state index contributed by atoms with van der Waals surface area (Å²) in [4.78, 5) is 0. The Balaban J connectivity index is 1.94. The lowest BCUT2D eigenvalue weighted by Crippen LogP contribution is -2.31. The van der Waals surface area contributed by atoms with Crippen LogP contribution in [0.3, 0.4) is 0 Å². The Kier molecular flexibility index (Phi) is 1.40. The zero-order valence-electron chi connectivity index (χ0n) is 6.86. The van der Waals surface area contributed by atoms with Crippen molar-refractivity contribution in [2.45, 2.75) is 24.3 Å². The van der Waals surface area contributed by atoms with E-state index in [4.69, 9.17) is 11.6 Å². The molecule has 0 unspecified atom stereocenters. The molecule has 0 spiro atoms. The number of hydrogen-bond donors (Lipinski definition) is 1. The molecule has 0 radical (unpaired) electrons. The Morgan fingerprint density at radius 2 is 2.08 bits per heavy atom. The van der Waals surface area contributed by atoms with E-state index < -0.39 is 0 Å². The van der Waals surface area contributed by atoms with Crippen molar-refractivity contribution in [1.29, 1.82) is 0 Å². The van der Waals surface area contributed by atoms with E-state index in [0.717, 1.165) is 5.92 Å². The van der Waals surface area contributed by atoms with E-state index in [2.05, 4.69) is 6.08 Å². The molecule has 0 amide bonds. The summed E-state index contributed by atoms with van der Waals surface area (Å²) in [6, 6.07) is 0. The van der Waals surface area contributed by atoms with Gasteiger partial charge in [0.05, 0.1) is 6.10 Å². The summed E-state index contributed by atoms with van der Waals surface area (Å²) in [7, 11) is 0. The van der Waals surface area contributed by atoms with Gasteiger partial charge in [-0.15, -0.1) is 11.6 Å². The second-order valence-corrected chi connectivity index (χ2v) is 5.00. The minimum absolute atomic E-state index is 0.202. The van der Waals surface area contributed by atoms with Gasteiger partial charge in [0.1, 0.15) is 0 Å². The van der Waals surface area contributed by atoms with Crippen LogP contribution in [0.1, 0.15) is 12.8 Å². The molecule has 0 aromatic carbocycles. The topological polar surface area (TPSA) is 20.2 Å². The predicted molar refractivity (Wildman–Crippen MR) is 48.0 cm³/mol. The Morgan fingerprint density at radius 3 is 2.92 bits per heavy atom. The van der Waals surface area contributed by atoms with Crippen molar-refractivity contribution in [2.24, 2.45) is 23.7 Å². The van der Waals surface area contributed by atoms with Crippen LogP contribution >= 0.6 is 11.6 Å². The summed E-state index contributed by atoms with van der Waals surface area (Å²) >= 11 is 6.20. The highest BCUT2D eigenvalue weighted by molar-refractivity contribution is 6.21. The lowest BCUT2D eigenvalue weighted by atomic mass is 9.80. The number of hydrogen-bond acceptors (Lipinski definition) is 1. The fourth-order valence-corrected chi connectivity index (χ4v) is 4.01. The largest absolute Gasteiger partial charge is 0.389 e. The molecule has 66 valence electrons. The quantitative estimate of drug-likeness (QED) is 0.450. The normalized spacial score (nSPS) is 61.2. The molecule has 2 heteroatoms. The third-order valence-corrected chi connectivity index (χ3v) is 4.48. The predicted octanol–water partition coefficient (Wildman–Crippen LogP) is 1.80. The fourth-order valence-electron chi connectivity index (χ4n) is 3.51. The minimum Gasteiger partial charge on any atom is -0.389 e. The fraction of sp³-hybridized carbons (Fsp3) is 0.800. The van der Waals surface area contributed by atoms with Crippen LogP contribution in [0.5, 0.6) is 0 Å². The van der Waals surface area contributed by atoms with Crippen molar-refractivity contribution in [3.63, 3.8) is 0 Å². The highest BCUT2D eigenvalue weighted by Gasteiger charge is 2.54. The summed E-state index contributed by atoms with van der Waals surface area (Å²) in [5.74, 6) is 2.48. The summed E-state index contributed by atoms with van der Waals surface area (Å²) < 4.78 is 0. The third kappa shape index (κ3) is 0.742. The van der Waals surface area contributed by atoms with Gasteiger partial charge in [-0.3, -0.25) is 0 Å². The van der Waals surface area contributed by atoms with Gasteiger partial charge in [0, 0.05) is 5.38 Å². The second-order valence-electron chi connectivity index (χ2n) is 4.44. The number of aliphatic hydroxyl groups excluding tert-OH is 1. The van der Waals surface area contributed by atoms with Gasteiger partial charge in [-0.25, -0.2) is 0 Å². The first-order valence-corrected chi connectivity index (χ1v) is 5.21. The summed E-state index contributed by atoms with van der Waals surface area (Å²) in [6.45, 7) is 0. The van der Waals surface area contributed by atoms with Crippen LogP contribution in [-0.2, 0) is 0 Å². The number of halogens is 1. The van der Waals surface area contributed by atoms with Crippen molar-refractivity contribution < 1.29 is 5.11 Å². The Morgan fingerprint density at radius 1 is 1.25 bits per heavy atom. The van der Waals surface area contributed by atoms with Crippen molar-refractivity contribution >= 4 is 11.6 Å². The maximum absolute atomic E-state index is 9.69. The van der Waals surface area contributed by atoms with Gasteiger partial charge in [-0.05, 0) is 36.5 Å². The molecule has 6 atom stereocenters. The van der Waals surface area contributed by atoms with Gasteiger partial charge in [0.2, 0.25) is 0 Å². The monoisotopic (exact) mass is 184 g/mol. The van der Waals surface area contributed by atoms with E-state index >= 15 is 0 Å².